The van der Waals surface area contributed by atoms with E-state index in [1.165, 1.54) is 0 Å². The van der Waals surface area contributed by atoms with Crippen LogP contribution in [0.25, 0.3) is 0 Å². The van der Waals surface area contributed by atoms with E-state index >= 15 is 0 Å². The number of ether oxygens (including phenoxy) is 1. The zero-order valence-electron chi connectivity index (χ0n) is 10.3. The standard InChI is InChI=1S/C13H17BrINO2/c1-2-3-4-5-16-13(17)9-18-12-7-10(14)6-11(15)8-12/h6-8H,2-5,9H2,1H3,(H,16,17). The number of halogens is 2. The second kappa shape index (κ2) is 8.74. The van der Waals surface area contributed by atoms with E-state index in [0.717, 1.165) is 33.9 Å². The van der Waals surface area contributed by atoms with Gasteiger partial charge in [0, 0.05) is 14.6 Å². The molecule has 5 heteroatoms. The number of carbonyl (C=O) groups is 1. The maximum Gasteiger partial charge on any atom is 0.257 e. The van der Waals surface area contributed by atoms with E-state index in [9.17, 15) is 4.79 Å². The highest BCUT2D eigenvalue weighted by Crippen LogP contribution is 2.22. The first kappa shape index (κ1) is 15.8. The van der Waals surface area contributed by atoms with Crippen LogP contribution in [0, 0.1) is 3.57 Å². The molecule has 1 aromatic rings. The zero-order valence-corrected chi connectivity index (χ0v) is 14.1. The van der Waals surface area contributed by atoms with Gasteiger partial charge in [0.1, 0.15) is 5.75 Å². The van der Waals surface area contributed by atoms with Crippen molar-refractivity contribution in [2.75, 3.05) is 13.2 Å². The minimum absolute atomic E-state index is 0.0681. The largest absolute Gasteiger partial charge is 0.484 e. The van der Waals surface area contributed by atoms with Gasteiger partial charge in [0.2, 0.25) is 0 Å². The number of carbonyl (C=O) groups excluding carboxylic acids is 1. The van der Waals surface area contributed by atoms with Crippen LogP contribution in [0.15, 0.2) is 22.7 Å². The van der Waals surface area contributed by atoms with Gasteiger partial charge in [-0.1, -0.05) is 35.7 Å². The third-order valence-corrected chi connectivity index (χ3v) is 3.39. The van der Waals surface area contributed by atoms with Gasteiger partial charge in [-0.3, -0.25) is 4.79 Å². The summed E-state index contributed by atoms with van der Waals surface area (Å²) in [5.41, 5.74) is 0. The first-order valence-corrected chi connectivity index (χ1v) is 7.84. The number of rotatable bonds is 7. The summed E-state index contributed by atoms with van der Waals surface area (Å²) in [5.74, 6) is 0.638. The molecule has 1 amide bonds. The molecule has 100 valence electrons. The van der Waals surface area contributed by atoms with Gasteiger partial charge in [0.25, 0.3) is 5.91 Å². The lowest BCUT2D eigenvalue weighted by Crippen LogP contribution is -2.29. The van der Waals surface area contributed by atoms with Gasteiger partial charge in [-0.15, -0.1) is 0 Å². The van der Waals surface area contributed by atoms with E-state index in [1.807, 2.05) is 18.2 Å². The minimum atomic E-state index is -0.0684. The molecule has 0 atom stereocenters. The number of hydrogen-bond acceptors (Lipinski definition) is 2. The smallest absolute Gasteiger partial charge is 0.257 e. The predicted molar refractivity (Wildman–Crippen MR) is 84.9 cm³/mol. The van der Waals surface area contributed by atoms with Gasteiger partial charge < -0.3 is 10.1 Å². The Morgan fingerprint density at radius 1 is 1.39 bits per heavy atom. The molecule has 0 aliphatic rings. The fourth-order valence-electron chi connectivity index (χ4n) is 1.41. The molecule has 0 radical (unpaired) electrons. The molecule has 18 heavy (non-hydrogen) atoms. The average molecular weight is 426 g/mol. The number of nitrogens with one attached hydrogen (secondary N) is 1. The summed E-state index contributed by atoms with van der Waals surface area (Å²) >= 11 is 5.60. The third-order valence-electron chi connectivity index (χ3n) is 2.31. The SMILES string of the molecule is CCCCCNC(=O)COc1cc(Br)cc(I)c1. The molecule has 0 heterocycles. The number of benzene rings is 1. The van der Waals surface area contributed by atoms with Crippen LogP contribution in [-0.2, 0) is 4.79 Å². The maximum absolute atomic E-state index is 11.5. The molecule has 0 aromatic heterocycles. The number of hydrogen-bond donors (Lipinski definition) is 1. The van der Waals surface area contributed by atoms with Crippen LogP contribution < -0.4 is 10.1 Å². The molecule has 1 aromatic carbocycles. The van der Waals surface area contributed by atoms with E-state index in [-0.39, 0.29) is 12.5 Å². The monoisotopic (exact) mass is 425 g/mol. The Bertz CT molecular complexity index is 378. The predicted octanol–water partition coefficient (Wildman–Crippen LogP) is 3.74. The van der Waals surface area contributed by atoms with Crippen LogP contribution in [0.1, 0.15) is 26.2 Å². The van der Waals surface area contributed by atoms with Crippen LogP contribution >= 0.6 is 38.5 Å². The van der Waals surface area contributed by atoms with Crippen molar-refractivity contribution in [3.05, 3.63) is 26.2 Å². The Balaban J connectivity index is 2.29. The lowest BCUT2D eigenvalue weighted by atomic mass is 10.2. The Hall–Kier alpha value is -0.300. The second-order valence-corrected chi connectivity index (χ2v) is 6.11. The summed E-state index contributed by atoms with van der Waals surface area (Å²) < 4.78 is 7.46. The van der Waals surface area contributed by atoms with Crippen LogP contribution in [-0.4, -0.2) is 19.1 Å². The highest BCUT2D eigenvalue weighted by molar-refractivity contribution is 14.1. The Morgan fingerprint density at radius 2 is 2.17 bits per heavy atom. The molecule has 3 nitrogen and oxygen atoms in total. The second-order valence-electron chi connectivity index (χ2n) is 3.95. The fraction of sp³-hybridized carbons (Fsp3) is 0.462. The van der Waals surface area contributed by atoms with E-state index in [4.69, 9.17) is 4.74 Å². The van der Waals surface area contributed by atoms with Crippen molar-refractivity contribution >= 4 is 44.4 Å². The molecular formula is C13H17BrINO2. The Kier molecular flexibility index (Phi) is 7.65. The van der Waals surface area contributed by atoms with E-state index in [1.54, 1.807) is 0 Å². The molecule has 1 N–H and O–H groups in total. The van der Waals surface area contributed by atoms with Crippen molar-refractivity contribution < 1.29 is 9.53 Å². The Morgan fingerprint density at radius 3 is 2.83 bits per heavy atom. The van der Waals surface area contributed by atoms with Crippen molar-refractivity contribution in [2.24, 2.45) is 0 Å². The summed E-state index contributed by atoms with van der Waals surface area (Å²) in [6.07, 6.45) is 3.32. The summed E-state index contributed by atoms with van der Waals surface area (Å²) in [6.45, 7) is 2.94. The van der Waals surface area contributed by atoms with E-state index < -0.39 is 0 Å². The van der Waals surface area contributed by atoms with Gasteiger partial charge in [0.05, 0.1) is 0 Å². The summed E-state index contributed by atoms with van der Waals surface area (Å²) in [7, 11) is 0. The van der Waals surface area contributed by atoms with Crippen molar-refractivity contribution in [1.29, 1.82) is 0 Å². The molecule has 0 saturated carbocycles. The van der Waals surface area contributed by atoms with Gasteiger partial charge in [0.15, 0.2) is 6.61 Å². The van der Waals surface area contributed by atoms with Gasteiger partial charge in [-0.25, -0.2) is 0 Å². The topological polar surface area (TPSA) is 38.3 Å². The number of unbranched alkanes of at least 4 members (excludes halogenated alkanes) is 2. The highest BCUT2D eigenvalue weighted by atomic mass is 127. The van der Waals surface area contributed by atoms with Crippen LogP contribution in [0.3, 0.4) is 0 Å². The molecule has 0 saturated heterocycles. The van der Waals surface area contributed by atoms with Crippen LogP contribution in [0.5, 0.6) is 5.75 Å². The van der Waals surface area contributed by atoms with Gasteiger partial charge in [-0.05, 0) is 47.2 Å². The van der Waals surface area contributed by atoms with E-state index in [0.29, 0.717) is 5.75 Å². The third kappa shape index (κ3) is 6.58. The summed E-state index contributed by atoms with van der Waals surface area (Å²) in [5, 5.41) is 2.84. The molecular weight excluding hydrogens is 409 g/mol. The molecule has 0 aliphatic heterocycles. The maximum atomic E-state index is 11.5. The normalized spacial score (nSPS) is 10.2. The van der Waals surface area contributed by atoms with Gasteiger partial charge in [-0.2, -0.15) is 0 Å². The average Bonchev–Trinajstić information content (AvgIpc) is 2.31. The fourth-order valence-corrected chi connectivity index (χ4v) is 2.96. The lowest BCUT2D eigenvalue weighted by molar-refractivity contribution is -0.123. The summed E-state index contributed by atoms with van der Waals surface area (Å²) in [4.78, 5) is 11.5. The molecule has 0 unspecified atom stereocenters. The first-order valence-electron chi connectivity index (χ1n) is 5.97. The van der Waals surface area contributed by atoms with Crippen molar-refractivity contribution in [3.8, 4) is 5.75 Å². The first-order chi connectivity index (χ1) is 8.61. The summed E-state index contributed by atoms with van der Waals surface area (Å²) in [6, 6.07) is 5.74. The zero-order chi connectivity index (χ0) is 13.4. The molecule has 0 bridgehead atoms. The Labute approximate surface area is 130 Å². The van der Waals surface area contributed by atoms with Crippen LogP contribution in [0.4, 0.5) is 0 Å². The highest BCUT2D eigenvalue weighted by Gasteiger charge is 2.03. The quantitative estimate of drug-likeness (QED) is 0.533. The van der Waals surface area contributed by atoms with Crippen LogP contribution in [0.2, 0.25) is 0 Å². The molecule has 0 aliphatic carbocycles. The molecule has 0 spiro atoms. The van der Waals surface area contributed by atoms with Crippen molar-refractivity contribution in [1.82, 2.24) is 5.32 Å². The lowest BCUT2D eigenvalue weighted by Gasteiger charge is -2.08. The molecule has 1 rings (SSSR count). The minimum Gasteiger partial charge on any atom is -0.484 e. The van der Waals surface area contributed by atoms with Crippen molar-refractivity contribution in [2.45, 2.75) is 26.2 Å². The number of amides is 1. The van der Waals surface area contributed by atoms with E-state index in [2.05, 4.69) is 50.8 Å². The van der Waals surface area contributed by atoms with Gasteiger partial charge >= 0.3 is 0 Å². The molecule has 0 fully saturated rings. The van der Waals surface area contributed by atoms with Crippen molar-refractivity contribution in [3.63, 3.8) is 0 Å².